The van der Waals surface area contributed by atoms with Gasteiger partial charge in [0, 0.05) is 18.0 Å². The lowest BCUT2D eigenvalue weighted by Crippen LogP contribution is -2.46. The minimum Gasteiger partial charge on any atom is -0.497 e. The molecule has 2 aromatic carbocycles. The Bertz CT molecular complexity index is 1320. The van der Waals surface area contributed by atoms with E-state index in [-0.39, 0.29) is 35.3 Å². The summed E-state index contributed by atoms with van der Waals surface area (Å²) in [4.78, 5) is 17.1. The van der Waals surface area contributed by atoms with Crippen LogP contribution in [0.15, 0.2) is 64.9 Å². The van der Waals surface area contributed by atoms with Crippen molar-refractivity contribution in [1.29, 1.82) is 0 Å². The van der Waals surface area contributed by atoms with Crippen LogP contribution in [0.4, 0.5) is 0 Å². The second-order valence-electron chi connectivity index (χ2n) is 10.4. The summed E-state index contributed by atoms with van der Waals surface area (Å²) in [7, 11) is -2.20. The highest BCUT2D eigenvalue weighted by molar-refractivity contribution is 7.89. The summed E-state index contributed by atoms with van der Waals surface area (Å²) in [6.07, 6.45) is 1.38. The summed E-state index contributed by atoms with van der Waals surface area (Å²) in [6, 6.07) is 16.6. The zero-order valence-corrected chi connectivity index (χ0v) is 23.9. The van der Waals surface area contributed by atoms with Crippen LogP contribution in [0.5, 0.6) is 5.75 Å². The molecule has 1 unspecified atom stereocenters. The quantitative estimate of drug-likeness (QED) is 0.371. The van der Waals surface area contributed by atoms with Crippen molar-refractivity contribution in [2.24, 2.45) is 0 Å². The highest BCUT2D eigenvalue weighted by atomic mass is 32.2. The number of sulfonamides is 1. The van der Waals surface area contributed by atoms with Gasteiger partial charge in [-0.05, 0) is 70.7 Å². The number of hydrogen-bond acceptors (Lipinski definition) is 5. The lowest BCUT2D eigenvalue weighted by Gasteiger charge is -2.37. The first kappa shape index (κ1) is 27.4. The molecule has 0 bridgehead atoms. The summed E-state index contributed by atoms with van der Waals surface area (Å²) in [5, 5.41) is 2.06. The summed E-state index contributed by atoms with van der Waals surface area (Å²) in [6.45, 7) is 8.83. The molecule has 4 rings (SSSR count). The van der Waals surface area contributed by atoms with Crippen molar-refractivity contribution in [3.63, 3.8) is 0 Å². The molecule has 0 saturated carbocycles. The number of rotatable bonds is 8. The Morgan fingerprint density at radius 2 is 1.76 bits per heavy atom. The van der Waals surface area contributed by atoms with Crippen LogP contribution in [-0.4, -0.2) is 50.3 Å². The Kier molecular flexibility index (Phi) is 8.11. The summed E-state index contributed by atoms with van der Waals surface area (Å²) in [5.41, 5.74) is 3.08. The molecule has 37 heavy (non-hydrogen) atoms. The predicted molar refractivity (Wildman–Crippen MR) is 149 cm³/mol. The van der Waals surface area contributed by atoms with Gasteiger partial charge in [-0.1, -0.05) is 52.0 Å². The predicted octanol–water partition coefficient (Wildman–Crippen LogP) is 5.63. The Hall–Kier alpha value is -2.68. The highest BCUT2D eigenvalue weighted by Crippen LogP contribution is 2.38. The van der Waals surface area contributed by atoms with E-state index in [1.807, 2.05) is 48.2 Å². The van der Waals surface area contributed by atoms with Gasteiger partial charge in [0.25, 0.3) is 0 Å². The van der Waals surface area contributed by atoms with Crippen LogP contribution in [0.1, 0.15) is 61.7 Å². The summed E-state index contributed by atoms with van der Waals surface area (Å²) >= 11 is 1.70. The van der Waals surface area contributed by atoms with E-state index in [0.717, 1.165) is 28.9 Å². The second-order valence-corrected chi connectivity index (χ2v) is 13.4. The van der Waals surface area contributed by atoms with Gasteiger partial charge in [0.05, 0.1) is 24.6 Å². The Morgan fingerprint density at radius 1 is 1.08 bits per heavy atom. The van der Waals surface area contributed by atoms with Gasteiger partial charge < -0.3 is 9.64 Å². The molecule has 8 heteroatoms. The van der Waals surface area contributed by atoms with E-state index in [1.165, 1.54) is 9.18 Å². The number of methoxy groups -OCH3 is 1. The average Bonchev–Trinajstić information content (AvgIpc) is 3.36. The molecule has 6 nitrogen and oxygen atoms in total. The van der Waals surface area contributed by atoms with Crippen LogP contribution in [0.2, 0.25) is 0 Å². The van der Waals surface area contributed by atoms with E-state index in [2.05, 4.69) is 32.2 Å². The minimum atomic E-state index is -3.83. The molecule has 0 fully saturated rings. The third-order valence-electron chi connectivity index (χ3n) is 6.86. The number of hydrogen-bond donors (Lipinski definition) is 0. The monoisotopic (exact) mass is 540 g/mol. The van der Waals surface area contributed by atoms with Crippen LogP contribution >= 0.6 is 11.3 Å². The van der Waals surface area contributed by atoms with Crippen molar-refractivity contribution >= 4 is 27.3 Å². The molecule has 1 amide bonds. The third kappa shape index (κ3) is 5.76. The molecule has 1 aliphatic heterocycles. The summed E-state index contributed by atoms with van der Waals surface area (Å²) in [5.74, 6) is 0.557. The van der Waals surface area contributed by atoms with Crippen molar-refractivity contribution in [1.82, 2.24) is 9.21 Å². The lowest BCUT2D eigenvalue weighted by atomic mass is 9.87. The maximum Gasteiger partial charge on any atom is 0.243 e. The molecule has 0 N–H and O–H groups in total. The van der Waals surface area contributed by atoms with Gasteiger partial charge in [-0.2, -0.15) is 4.31 Å². The SMILES string of the molecule is CCCN(CC(=O)N1CCc2sccc2C1c1ccc(OC)cc1)S(=O)(=O)c1ccc(C(C)(C)C)cc1. The molecule has 0 aliphatic carbocycles. The molecule has 0 saturated heterocycles. The first-order valence-corrected chi connectivity index (χ1v) is 15.0. The fourth-order valence-electron chi connectivity index (χ4n) is 4.78. The highest BCUT2D eigenvalue weighted by Gasteiger charge is 2.35. The van der Waals surface area contributed by atoms with Gasteiger partial charge in [0.15, 0.2) is 0 Å². The topological polar surface area (TPSA) is 66.9 Å². The smallest absolute Gasteiger partial charge is 0.243 e. The number of benzene rings is 2. The van der Waals surface area contributed by atoms with E-state index < -0.39 is 10.0 Å². The Labute approximate surface area is 224 Å². The van der Waals surface area contributed by atoms with Gasteiger partial charge in [0.1, 0.15) is 5.75 Å². The number of ether oxygens (including phenoxy) is 1. The van der Waals surface area contributed by atoms with E-state index in [9.17, 15) is 13.2 Å². The molecule has 0 spiro atoms. The standard InChI is InChI=1S/C29H36N2O4S2/c1-6-17-30(37(33,34)24-13-9-22(10-14-24)29(2,3)4)20-27(32)31-18-15-26-25(16-19-36-26)28(31)21-7-11-23(35-5)12-8-21/h7-14,16,19,28H,6,15,17-18,20H2,1-5H3. The van der Waals surface area contributed by atoms with Crippen molar-refractivity contribution in [3.8, 4) is 5.75 Å². The van der Waals surface area contributed by atoms with Gasteiger partial charge in [-0.3, -0.25) is 4.79 Å². The number of fused-ring (bicyclic) bond motifs is 1. The van der Waals surface area contributed by atoms with Crippen molar-refractivity contribution in [2.45, 2.75) is 56.9 Å². The maximum absolute atomic E-state index is 13.8. The van der Waals surface area contributed by atoms with Crippen LogP contribution in [-0.2, 0) is 26.7 Å². The number of carbonyl (C=O) groups excluding carboxylic acids is 1. The van der Waals surface area contributed by atoms with Crippen LogP contribution < -0.4 is 4.74 Å². The van der Waals surface area contributed by atoms with E-state index >= 15 is 0 Å². The van der Waals surface area contributed by atoms with Gasteiger partial charge in [-0.15, -0.1) is 11.3 Å². The lowest BCUT2D eigenvalue weighted by molar-refractivity contribution is -0.133. The number of amides is 1. The summed E-state index contributed by atoms with van der Waals surface area (Å²) < 4.78 is 33.9. The fourth-order valence-corrected chi connectivity index (χ4v) is 7.17. The first-order chi connectivity index (χ1) is 17.6. The van der Waals surface area contributed by atoms with Gasteiger partial charge >= 0.3 is 0 Å². The van der Waals surface area contributed by atoms with Crippen molar-refractivity contribution in [2.75, 3.05) is 26.7 Å². The van der Waals surface area contributed by atoms with Crippen molar-refractivity contribution in [3.05, 3.63) is 81.5 Å². The third-order valence-corrected chi connectivity index (χ3v) is 9.72. The molecule has 1 atom stereocenters. The molecule has 198 valence electrons. The zero-order valence-electron chi connectivity index (χ0n) is 22.2. The van der Waals surface area contributed by atoms with Gasteiger partial charge in [0.2, 0.25) is 15.9 Å². The maximum atomic E-state index is 13.8. The largest absolute Gasteiger partial charge is 0.497 e. The second kappa shape index (κ2) is 11.0. The van der Waals surface area contributed by atoms with E-state index in [0.29, 0.717) is 13.0 Å². The van der Waals surface area contributed by atoms with Crippen molar-refractivity contribution < 1.29 is 17.9 Å². The first-order valence-electron chi connectivity index (χ1n) is 12.7. The normalized spacial score (nSPS) is 16.1. The van der Waals surface area contributed by atoms with Crippen LogP contribution in [0, 0.1) is 0 Å². The molecule has 0 radical (unpaired) electrons. The fraction of sp³-hybridized carbons (Fsp3) is 0.414. The number of carbonyl (C=O) groups is 1. The van der Waals surface area contributed by atoms with Crippen LogP contribution in [0.3, 0.4) is 0 Å². The number of nitrogens with zero attached hydrogens (tertiary/aromatic N) is 2. The van der Waals surface area contributed by atoms with E-state index in [1.54, 1.807) is 30.6 Å². The molecule has 2 heterocycles. The average molecular weight is 541 g/mol. The molecular formula is C29H36N2O4S2. The molecule has 1 aromatic heterocycles. The number of thiophene rings is 1. The molecule has 3 aromatic rings. The molecular weight excluding hydrogens is 504 g/mol. The van der Waals surface area contributed by atoms with Crippen LogP contribution in [0.25, 0.3) is 0 Å². The minimum absolute atomic E-state index is 0.0768. The van der Waals surface area contributed by atoms with E-state index in [4.69, 9.17) is 4.74 Å². The van der Waals surface area contributed by atoms with Gasteiger partial charge in [-0.25, -0.2) is 8.42 Å². The molecule has 1 aliphatic rings. The Balaban J connectivity index is 1.62. The zero-order chi connectivity index (χ0) is 26.8. The Morgan fingerprint density at radius 3 is 2.35 bits per heavy atom.